The molecule has 1 amide bonds. The van der Waals surface area contributed by atoms with E-state index in [1.54, 1.807) is 7.05 Å². The van der Waals surface area contributed by atoms with Crippen molar-refractivity contribution in [3.63, 3.8) is 0 Å². The fourth-order valence-corrected chi connectivity index (χ4v) is 3.10. The van der Waals surface area contributed by atoms with Gasteiger partial charge in [0.15, 0.2) is 0 Å². The maximum absolute atomic E-state index is 11.9. The Balaban J connectivity index is 2.20. The molecule has 1 saturated heterocycles. The van der Waals surface area contributed by atoms with Gasteiger partial charge in [0.05, 0.1) is 4.92 Å². The van der Waals surface area contributed by atoms with Crippen molar-refractivity contribution in [3.8, 4) is 0 Å². The van der Waals surface area contributed by atoms with Gasteiger partial charge in [0.1, 0.15) is 15.7 Å². The highest BCUT2D eigenvalue weighted by Crippen LogP contribution is 2.35. The third kappa shape index (κ3) is 2.60. The van der Waals surface area contributed by atoms with E-state index in [0.29, 0.717) is 9.88 Å². The zero-order chi connectivity index (χ0) is 14.2. The molecule has 1 N–H and O–H groups in total. The van der Waals surface area contributed by atoms with Crippen molar-refractivity contribution in [3.05, 3.63) is 39.9 Å². The van der Waals surface area contributed by atoms with E-state index in [0.717, 1.165) is 11.8 Å². The maximum Gasteiger partial charge on any atom is 0.269 e. The molecule has 100 valence electrons. The number of thiocarbonyl (C=S) groups is 1. The van der Waals surface area contributed by atoms with Gasteiger partial charge >= 0.3 is 0 Å². The number of carbonyl (C=O) groups excluding carboxylic acids is 1. The van der Waals surface area contributed by atoms with E-state index < -0.39 is 16.3 Å². The van der Waals surface area contributed by atoms with E-state index in [9.17, 15) is 20.0 Å². The molecule has 8 heteroatoms. The second-order valence-electron chi connectivity index (χ2n) is 4.00. The largest absolute Gasteiger partial charge is 0.387 e. The van der Waals surface area contributed by atoms with E-state index in [2.05, 4.69) is 0 Å². The van der Waals surface area contributed by atoms with Crippen LogP contribution in [0, 0.1) is 10.1 Å². The van der Waals surface area contributed by atoms with Gasteiger partial charge in [-0.25, -0.2) is 0 Å². The molecular weight excluding hydrogens is 288 g/mol. The van der Waals surface area contributed by atoms with Crippen LogP contribution in [0.3, 0.4) is 0 Å². The molecule has 0 bridgehead atoms. The summed E-state index contributed by atoms with van der Waals surface area (Å²) in [4.78, 5) is 23.2. The van der Waals surface area contributed by atoms with Crippen molar-refractivity contribution in [2.45, 2.75) is 11.4 Å². The molecule has 6 nitrogen and oxygen atoms in total. The number of hydrogen-bond donors (Lipinski definition) is 1. The number of rotatable bonds is 3. The minimum Gasteiger partial charge on any atom is -0.387 e. The van der Waals surface area contributed by atoms with Crippen molar-refractivity contribution in [2.75, 3.05) is 7.05 Å². The van der Waals surface area contributed by atoms with Crippen LogP contribution in [0.25, 0.3) is 0 Å². The predicted molar refractivity (Wildman–Crippen MR) is 74.8 cm³/mol. The Labute approximate surface area is 118 Å². The van der Waals surface area contributed by atoms with Gasteiger partial charge in [0, 0.05) is 19.2 Å². The quantitative estimate of drug-likeness (QED) is 0.517. The van der Waals surface area contributed by atoms with Crippen LogP contribution in [0.4, 0.5) is 5.69 Å². The van der Waals surface area contributed by atoms with Crippen molar-refractivity contribution in [2.24, 2.45) is 0 Å². The Kier molecular flexibility index (Phi) is 3.83. The summed E-state index contributed by atoms with van der Waals surface area (Å²) in [6, 6.07) is 5.48. The molecule has 19 heavy (non-hydrogen) atoms. The number of carbonyl (C=O) groups is 1. The maximum atomic E-state index is 11.9. The van der Waals surface area contributed by atoms with Gasteiger partial charge < -0.3 is 5.11 Å². The van der Waals surface area contributed by atoms with Gasteiger partial charge in [-0.3, -0.25) is 19.8 Å². The summed E-state index contributed by atoms with van der Waals surface area (Å²) in [5, 5.41) is 20.0. The molecule has 0 aromatic heterocycles. The molecule has 1 aliphatic heterocycles. The number of aliphatic hydroxyl groups is 1. The van der Waals surface area contributed by atoms with E-state index in [1.807, 2.05) is 0 Å². The van der Waals surface area contributed by atoms with Crippen LogP contribution in [-0.4, -0.2) is 37.5 Å². The molecule has 1 fully saturated rings. The lowest BCUT2D eigenvalue weighted by atomic mass is 10.1. The average molecular weight is 298 g/mol. The van der Waals surface area contributed by atoms with Crippen LogP contribution in [0.1, 0.15) is 11.7 Å². The van der Waals surface area contributed by atoms with Gasteiger partial charge in [-0.05, 0) is 17.7 Å². The van der Waals surface area contributed by atoms with Crippen LogP contribution in [0.2, 0.25) is 0 Å². The molecule has 1 heterocycles. The molecule has 0 spiro atoms. The first-order valence-electron chi connectivity index (χ1n) is 5.32. The smallest absolute Gasteiger partial charge is 0.269 e. The minimum atomic E-state index is -1.04. The van der Waals surface area contributed by atoms with Crippen molar-refractivity contribution < 1.29 is 14.8 Å². The standard InChI is InChI=1S/C11H10N2O4S2/c1-12-10(15)9(19-11(12)18)8(14)6-2-4-7(5-3-6)13(16)17/h2-5,8-9,14H,1H3. The Bertz CT molecular complexity index is 546. The molecule has 1 aliphatic rings. The summed E-state index contributed by atoms with van der Waals surface area (Å²) < 4.78 is 0.413. The molecule has 1 aromatic rings. The van der Waals surface area contributed by atoms with Crippen LogP contribution in [0.15, 0.2) is 24.3 Å². The molecule has 0 aliphatic carbocycles. The van der Waals surface area contributed by atoms with E-state index in [1.165, 1.54) is 29.2 Å². The Hall–Kier alpha value is -1.51. The molecule has 2 rings (SSSR count). The highest BCUT2D eigenvalue weighted by atomic mass is 32.2. The summed E-state index contributed by atoms with van der Waals surface area (Å²) in [5.74, 6) is -0.263. The SMILES string of the molecule is CN1C(=O)C(C(O)c2ccc([N+](=O)[O-])cc2)SC1=S. The minimum absolute atomic E-state index is 0.0611. The Morgan fingerprint density at radius 1 is 1.47 bits per heavy atom. The van der Waals surface area contributed by atoms with Crippen molar-refractivity contribution in [1.29, 1.82) is 0 Å². The van der Waals surface area contributed by atoms with Gasteiger partial charge in [-0.2, -0.15) is 0 Å². The van der Waals surface area contributed by atoms with Gasteiger partial charge in [0.2, 0.25) is 5.91 Å². The third-order valence-electron chi connectivity index (χ3n) is 2.81. The number of aliphatic hydroxyl groups excluding tert-OH is 1. The summed E-state index contributed by atoms with van der Waals surface area (Å²) >= 11 is 6.11. The summed E-state index contributed by atoms with van der Waals surface area (Å²) in [6.07, 6.45) is -1.04. The molecule has 0 saturated carbocycles. The van der Waals surface area contributed by atoms with Crippen molar-refractivity contribution in [1.82, 2.24) is 4.90 Å². The lowest BCUT2D eigenvalue weighted by molar-refractivity contribution is -0.384. The highest BCUT2D eigenvalue weighted by Gasteiger charge is 2.39. The number of nitro benzene ring substituents is 1. The highest BCUT2D eigenvalue weighted by molar-refractivity contribution is 8.24. The summed E-state index contributed by atoms with van der Waals surface area (Å²) in [7, 11) is 1.56. The number of nitro groups is 1. The fourth-order valence-electron chi connectivity index (χ4n) is 1.69. The van der Waals surface area contributed by atoms with Crippen LogP contribution in [-0.2, 0) is 4.79 Å². The predicted octanol–water partition coefficient (Wildman–Crippen LogP) is 1.49. The zero-order valence-corrected chi connectivity index (χ0v) is 11.5. The molecule has 2 atom stereocenters. The Morgan fingerprint density at radius 3 is 2.47 bits per heavy atom. The first-order chi connectivity index (χ1) is 8.91. The molecule has 1 aromatic carbocycles. The first-order valence-corrected chi connectivity index (χ1v) is 6.61. The lowest BCUT2D eigenvalue weighted by Gasteiger charge is -2.15. The zero-order valence-electron chi connectivity index (χ0n) is 9.85. The second kappa shape index (κ2) is 5.24. The second-order valence-corrected chi connectivity index (χ2v) is 5.77. The Morgan fingerprint density at radius 2 is 2.05 bits per heavy atom. The average Bonchev–Trinajstić information content (AvgIpc) is 2.66. The van der Waals surface area contributed by atoms with Crippen LogP contribution >= 0.6 is 24.0 Å². The topological polar surface area (TPSA) is 83.7 Å². The normalized spacial score (nSPS) is 20.7. The van der Waals surface area contributed by atoms with Gasteiger partial charge in [-0.15, -0.1) is 0 Å². The van der Waals surface area contributed by atoms with Gasteiger partial charge in [-0.1, -0.05) is 24.0 Å². The molecule has 2 unspecified atom stereocenters. The number of non-ortho nitro benzene ring substituents is 1. The summed E-state index contributed by atoms with van der Waals surface area (Å²) in [5.41, 5.74) is 0.392. The number of hydrogen-bond acceptors (Lipinski definition) is 6. The van der Waals surface area contributed by atoms with Crippen LogP contribution < -0.4 is 0 Å². The molecular formula is C11H10N2O4S2. The van der Waals surface area contributed by atoms with E-state index >= 15 is 0 Å². The number of benzene rings is 1. The van der Waals surface area contributed by atoms with E-state index in [-0.39, 0.29) is 11.6 Å². The van der Waals surface area contributed by atoms with Gasteiger partial charge in [0.25, 0.3) is 5.69 Å². The number of thioether (sulfide) groups is 1. The fraction of sp³-hybridized carbons (Fsp3) is 0.273. The van der Waals surface area contributed by atoms with Crippen molar-refractivity contribution >= 4 is 39.9 Å². The summed E-state index contributed by atoms with van der Waals surface area (Å²) in [6.45, 7) is 0. The molecule has 0 radical (unpaired) electrons. The van der Waals surface area contributed by atoms with Crippen LogP contribution in [0.5, 0.6) is 0 Å². The number of nitrogens with zero attached hydrogens (tertiary/aromatic N) is 2. The number of amides is 1. The monoisotopic (exact) mass is 298 g/mol. The third-order valence-corrected chi connectivity index (χ3v) is 4.56. The van der Waals surface area contributed by atoms with E-state index in [4.69, 9.17) is 12.2 Å². The first kappa shape index (κ1) is 13.9. The lowest BCUT2D eigenvalue weighted by Crippen LogP contribution is -2.30.